The summed E-state index contributed by atoms with van der Waals surface area (Å²) in [6.07, 6.45) is 8.72. The van der Waals surface area contributed by atoms with E-state index in [1.807, 2.05) is 12.1 Å². The van der Waals surface area contributed by atoms with Crippen LogP contribution in [-0.4, -0.2) is 39.2 Å². The van der Waals surface area contributed by atoms with E-state index in [-0.39, 0.29) is 29.0 Å². The van der Waals surface area contributed by atoms with E-state index < -0.39 is 18.2 Å². The lowest BCUT2D eigenvalue weighted by Gasteiger charge is -2.32. The molecule has 8 heteroatoms. The number of nitriles is 1. The molecule has 1 aliphatic carbocycles. The van der Waals surface area contributed by atoms with Crippen LogP contribution in [0.1, 0.15) is 73.1 Å². The second-order valence-electron chi connectivity index (χ2n) is 9.75. The highest BCUT2D eigenvalue weighted by atomic mass is 19.1. The number of carbonyl (C=O) groups is 1. The van der Waals surface area contributed by atoms with Crippen molar-refractivity contribution in [1.29, 1.82) is 5.26 Å². The fourth-order valence-corrected chi connectivity index (χ4v) is 4.73. The summed E-state index contributed by atoms with van der Waals surface area (Å²) in [5.74, 6) is -0.770. The number of hydrogen-bond acceptors (Lipinski definition) is 5. The highest BCUT2D eigenvalue weighted by Crippen LogP contribution is 2.42. The Morgan fingerprint density at radius 2 is 2.21 bits per heavy atom. The Hall–Kier alpha value is -3.31. The predicted octanol–water partition coefficient (Wildman–Crippen LogP) is 4.67. The number of rotatable bonds is 4. The molecular weight excluding hydrogens is 421 g/mol. The molecule has 1 amide bonds. The van der Waals surface area contributed by atoms with Gasteiger partial charge in [0.25, 0.3) is 5.91 Å². The van der Waals surface area contributed by atoms with Crippen LogP contribution in [0.2, 0.25) is 0 Å². The molecule has 0 radical (unpaired) electrons. The average molecular weight is 448 g/mol. The lowest BCUT2D eigenvalue weighted by Crippen LogP contribution is -2.36. The minimum atomic E-state index is -1.16. The number of carbonyl (C=O) groups excluding carboxylic acids is 1. The van der Waals surface area contributed by atoms with E-state index in [0.717, 1.165) is 24.8 Å². The number of pyridine rings is 1. The van der Waals surface area contributed by atoms with E-state index in [4.69, 9.17) is 15.0 Å². The zero-order valence-electron chi connectivity index (χ0n) is 18.6. The largest absolute Gasteiger partial charge is 0.364 e. The van der Waals surface area contributed by atoms with Crippen molar-refractivity contribution in [2.45, 2.75) is 63.8 Å². The molecule has 33 heavy (non-hydrogen) atoms. The van der Waals surface area contributed by atoms with Crippen LogP contribution in [0.15, 0.2) is 36.6 Å². The Morgan fingerprint density at radius 1 is 1.36 bits per heavy atom. The molecule has 4 atom stereocenters. The second-order valence-corrected chi connectivity index (χ2v) is 9.75. The van der Waals surface area contributed by atoms with Crippen molar-refractivity contribution in [3.05, 3.63) is 59.5 Å². The van der Waals surface area contributed by atoms with Crippen molar-refractivity contribution in [3.8, 4) is 6.07 Å². The van der Waals surface area contributed by atoms with E-state index in [1.54, 1.807) is 18.2 Å². The SMILES string of the molecule is CC1(C)CC=C(c2nc(C3CC4C=CC(O4)C3F)ccc2NC(=O)c2ncc(C#N)[nH]2)CC1. The summed E-state index contributed by atoms with van der Waals surface area (Å²) in [5.41, 5.74) is 3.36. The van der Waals surface area contributed by atoms with Crippen LogP contribution < -0.4 is 5.32 Å². The Morgan fingerprint density at radius 3 is 2.94 bits per heavy atom. The maximum absolute atomic E-state index is 15.1. The van der Waals surface area contributed by atoms with Gasteiger partial charge in [-0.3, -0.25) is 9.78 Å². The molecule has 3 aliphatic rings. The van der Waals surface area contributed by atoms with Gasteiger partial charge in [-0.1, -0.05) is 32.1 Å². The number of H-pyrrole nitrogens is 1. The first-order chi connectivity index (χ1) is 15.8. The van der Waals surface area contributed by atoms with Crippen LogP contribution in [-0.2, 0) is 4.74 Å². The minimum Gasteiger partial charge on any atom is -0.364 e. The number of anilines is 1. The number of allylic oxidation sites excluding steroid dienone is 2. The van der Waals surface area contributed by atoms with Gasteiger partial charge < -0.3 is 15.0 Å². The Kier molecular flexibility index (Phi) is 5.37. The van der Waals surface area contributed by atoms with Crippen LogP contribution in [0.25, 0.3) is 5.57 Å². The first kappa shape index (κ1) is 21.5. The first-order valence-electron chi connectivity index (χ1n) is 11.3. The lowest BCUT2D eigenvalue weighted by atomic mass is 9.77. The number of amides is 1. The van der Waals surface area contributed by atoms with E-state index in [2.05, 4.69) is 35.2 Å². The zero-order chi connectivity index (χ0) is 23.2. The van der Waals surface area contributed by atoms with Gasteiger partial charge in [-0.15, -0.1) is 0 Å². The van der Waals surface area contributed by atoms with Gasteiger partial charge in [0, 0.05) is 11.6 Å². The first-order valence-corrected chi connectivity index (χ1v) is 11.3. The molecule has 7 nitrogen and oxygen atoms in total. The molecule has 4 heterocycles. The molecule has 1 fully saturated rings. The van der Waals surface area contributed by atoms with Crippen molar-refractivity contribution in [1.82, 2.24) is 15.0 Å². The molecule has 1 saturated heterocycles. The van der Waals surface area contributed by atoms with E-state index in [0.29, 0.717) is 23.5 Å². The van der Waals surface area contributed by atoms with Crippen LogP contribution in [0.4, 0.5) is 10.1 Å². The second kappa shape index (κ2) is 8.23. The number of nitrogens with one attached hydrogen (secondary N) is 2. The van der Waals surface area contributed by atoms with Gasteiger partial charge in [0.2, 0.25) is 0 Å². The van der Waals surface area contributed by atoms with Gasteiger partial charge >= 0.3 is 0 Å². The highest BCUT2D eigenvalue weighted by Gasteiger charge is 2.42. The van der Waals surface area contributed by atoms with Crippen LogP contribution in [0.3, 0.4) is 0 Å². The van der Waals surface area contributed by atoms with Crippen molar-refractivity contribution < 1.29 is 13.9 Å². The summed E-state index contributed by atoms with van der Waals surface area (Å²) < 4.78 is 20.8. The maximum atomic E-state index is 15.1. The molecule has 2 aromatic heterocycles. The molecule has 0 spiro atoms. The summed E-state index contributed by atoms with van der Waals surface area (Å²) in [6.45, 7) is 4.46. The van der Waals surface area contributed by atoms with E-state index in [9.17, 15) is 4.79 Å². The summed E-state index contributed by atoms with van der Waals surface area (Å²) in [7, 11) is 0. The number of aromatic amines is 1. The van der Waals surface area contributed by atoms with Crippen molar-refractivity contribution >= 4 is 17.2 Å². The van der Waals surface area contributed by atoms with Crippen molar-refractivity contribution in [3.63, 3.8) is 0 Å². The summed E-state index contributed by atoms with van der Waals surface area (Å²) in [5, 5.41) is 11.9. The smallest absolute Gasteiger partial charge is 0.291 e. The third kappa shape index (κ3) is 4.21. The van der Waals surface area contributed by atoms with Crippen LogP contribution in [0.5, 0.6) is 0 Å². The maximum Gasteiger partial charge on any atom is 0.291 e. The standard InChI is InChI=1S/C25H26FN5O2/c1-25(2)9-7-14(8-10-25)22-19(31-24(32)23-28-13-15(12-27)29-23)5-4-18(30-22)17-11-16-3-6-20(33-16)21(17)26/h3-7,13,16-17,20-21H,8-11H2,1-2H3,(H,28,29)(H,31,32). The average Bonchev–Trinajstić information content (AvgIpc) is 3.44. The lowest BCUT2D eigenvalue weighted by molar-refractivity contribution is -0.0433. The quantitative estimate of drug-likeness (QED) is 0.663. The Bertz CT molecular complexity index is 1190. The number of ether oxygens (including phenoxy) is 1. The Labute approximate surface area is 191 Å². The highest BCUT2D eigenvalue weighted by molar-refractivity contribution is 6.03. The predicted molar refractivity (Wildman–Crippen MR) is 121 cm³/mol. The van der Waals surface area contributed by atoms with Gasteiger partial charge in [0.05, 0.1) is 23.7 Å². The number of imidazole rings is 1. The third-order valence-corrected chi connectivity index (χ3v) is 6.76. The van der Waals surface area contributed by atoms with Gasteiger partial charge in [-0.05, 0) is 48.8 Å². The van der Waals surface area contributed by atoms with Crippen molar-refractivity contribution in [2.75, 3.05) is 5.32 Å². The van der Waals surface area contributed by atoms with Crippen molar-refractivity contribution in [2.24, 2.45) is 5.41 Å². The molecule has 170 valence electrons. The number of halogens is 1. The van der Waals surface area contributed by atoms with E-state index >= 15 is 4.39 Å². The molecule has 2 N–H and O–H groups in total. The topological polar surface area (TPSA) is 104 Å². The summed E-state index contributed by atoms with van der Waals surface area (Å²) in [6, 6.07) is 5.51. The zero-order valence-corrected chi connectivity index (χ0v) is 18.6. The molecule has 5 rings (SSSR count). The fraction of sp³-hybridized carbons (Fsp3) is 0.440. The summed E-state index contributed by atoms with van der Waals surface area (Å²) in [4.78, 5) is 24.3. The molecule has 2 bridgehead atoms. The van der Waals surface area contributed by atoms with Crippen LogP contribution in [0, 0.1) is 16.7 Å². The minimum absolute atomic E-state index is 0.0521. The van der Waals surface area contributed by atoms with Gasteiger partial charge in [-0.2, -0.15) is 5.26 Å². The molecule has 0 saturated carbocycles. The molecule has 0 aromatic carbocycles. The summed E-state index contributed by atoms with van der Waals surface area (Å²) >= 11 is 0. The van der Waals surface area contributed by atoms with Crippen LogP contribution >= 0.6 is 0 Å². The number of fused-ring (bicyclic) bond motifs is 2. The number of hydrogen-bond donors (Lipinski definition) is 2. The number of aromatic nitrogens is 3. The fourth-order valence-electron chi connectivity index (χ4n) is 4.73. The van der Waals surface area contributed by atoms with Gasteiger partial charge in [0.15, 0.2) is 5.82 Å². The normalized spacial score (nSPS) is 27.6. The van der Waals surface area contributed by atoms with Gasteiger partial charge in [-0.25, -0.2) is 9.37 Å². The molecule has 4 unspecified atom stereocenters. The monoisotopic (exact) mass is 447 g/mol. The van der Waals surface area contributed by atoms with E-state index in [1.165, 1.54) is 6.20 Å². The third-order valence-electron chi connectivity index (χ3n) is 6.76. The van der Waals surface area contributed by atoms with Gasteiger partial charge in [0.1, 0.15) is 24.0 Å². The number of alkyl halides is 1. The number of nitrogens with zero attached hydrogens (tertiary/aromatic N) is 3. The Balaban J connectivity index is 1.48. The molecular formula is C25H26FN5O2. The molecule has 2 aliphatic heterocycles. The molecule has 2 aromatic rings.